The molecule has 18 heavy (non-hydrogen) atoms. The summed E-state index contributed by atoms with van der Waals surface area (Å²) < 4.78 is 5.24. The number of aliphatic hydroxyl groups excluding tert-OH is 1. The maximum Gasteiger partial charge on any atom is 0.101 e. The predicted octanol–water partition coefficient (Wildman–Crippen LogP) is 0.976. The van der Waals surface area contributed by atoms with E-state index in [2.05, 4.69) is 4.90 Å². The largest absolute Gasteiger partial charge is 0.398 e. The minimum absolute atomic E-state index is 0.0376. The zero-order valence-electron chi connectivity index (χ0n) is 10.6. The Balaban J connectivity index is 2.65. The van der Waals surface area contributed by atoms with Gasteiger partial charge >= 0.3 is 0 Å². The van der Waals surface area contributed by atoms with Crippen LogP contribution in [0.1, 0.15) is 12.5 Å². The monoisotopic (exact) mass is 249 g/mol. The number of nitrogens with zero attached hydrogens (tertiary/aromatic N) is 2. The fourth-order valence-corrected chi connectivity index (χ4v) is 1.66. The number of nitrogen functional groups attached to an aromatic ring is 1. The molecule has 0 radical (unpaired) electrons. The number of hydrogen-bond acceptors (Lipinski definition) is 5. The molecule has 5 nitrogen and oxygen atoms in total. The molecule has 0 heterocycles. The van der Waals surface area contributed by atoms with E-state index in [1.54, 1.807) is 12.1 Å². The molecule has 98 valence electrons. The zero-order valence-corrected chi connectivity index (χ0v) is 10.6. The first-order valence-electron chi connectivity index (χ1n) is 5.96. The Morgan fingerprint density at radius 1 is 1.44 bits per heavy atom. The number of nitrogens with two attached hydrogens (primary N) is 1. The summed E-state index contributed by atoms with van der Waals surface area (Å²) in [6.07, 6.45) is 0. The summed E-state index contributed by atoms with van der Waals surface area (Å²) in [6.45, 7) is 4.54. The lowest BCUT2D eigenvalue weighted by molar-refractivity contribution is 0.0967. The molecule has 0 atom stereocenters. The zero-order chi connectivity index (χ0) is 13.4. The summed E-state index contributed by atoms with van der Waals surface area (Å²) in [6, 6.07) is 7.45. The molecule has 0 aromatic heterocycles. The van der Waals surface area contributed by atoms with E-state index in [0.29, 0.717) is 24.5 Å². The number of anilines is 2. The topological polar surface area (TPSA) is 82.5 Å². The SMILES string of the molecule is CCN(CCOCCO)c1ccc(C#N)c(N)c1. The fourth-order valence-electron chi connectivity index (χ4n) is 1.66. The molecular formula is C13H19N3O2. The van der Waals surface area contributed by atoms with E-state index in [1.165, 1.54) is 0 Å². The van der Waals surface area contributed by atoms with Crippen LogP contribution in [-0.4, -0.2) is 38.0 Å². The molecule has 0 saturated heterocycles. The lowest BCUT2D eigenvalue weighted by Gasteiger charge is -2.23. The van der Waals surface area contributed by atoms with Gasteiger partial charge in [0.1, 0.15) is 6.07 Å². The number of aliphatic hydroxyl groups is 1. The highest BCUT2D eigenvalue weighted by atomic mass is 16.5. The lowest BCUT2D eigenvalue weighted by atomic mass is 10.1. The molecule has 0 aliphatic rings. The van der Waals surface area contributed by atoms with Crippen molar-refractivity contribution in [3.8, 4) is 6.07 Å². The molecule has 5 heteroatoms. The Morgan fingerprint density at radius 2 is 2.22 bits per heavy atom. The number of hydrogen-bond donors (Lipinski definition) is 2. The first kappa shape index (κ1) is 14.3. The van der Waals surface area contributed by atoms with Gasteiger partial charge in [-0.1, -0.05) is 0 Å². The molecule has 1 aromatic rings. The maximum absolute atomic E-state index is 8.82. The number of ether oxygens (including phenoxy) is 1. The van der Waals surface area contributed by atoms with E-state index < -0.39 is 0 Å². The molecule has 0 aliphatic heterocycles. The van der Waals surface area contributed by atoms with Crippen LogP contribution in [0.3, 0.4) is 0 Å². The van der Waals surface area contributed by atoms with Crippen molar-refractivity contribution in [3.05, 3.63) is 23.8 Å². The summed E-state index contributed by atoms with van der Waals surface area (Å²) in [4.78, 5) is 2.11. The van der Waals surface area contributed by atoms with Crippen molar-refractivity contribution in [1.29, 1.82) is 5.26 Å². The number of rotatable bonds is 7. The van der Waals surface area contributed by atoms with Gasteiger partial charge in [0.15, 0.2) is 0 Å². The highest BCUT2D eigenvalue weighted by Crippen LogP contribution is 2.20. The molecular weight excluding hydrogens is 230 g/mol. The van der Waals surface area contributed by atoms with Crippen molar-refractivity contribution in [2.45, 2.75) is 6.92 Å². The second-order valence-electron chi connectivity index (χ2n) is 3.80. The van der Waals surface area contributed by atoms with E-state index >= 15 is 0 Å². The minimum atomic E-state index is 0.0376. The van der Waals surface area contributed by atoms with Crippen LogP contribution in [0.4, 0.5) is 11.4 Å². The highest BCUT2D eigenvalue weighted by molar-refractivity contribution is 5.63. The quantitative estimate of drug-likeness (QED) is 0.556. The summed E-state index contributed by atoms with van der Waals surface area (Å²) in [5.41, 5.74) is 7.74. The molecule has 1 rings (SSSR count). The summed E-state index contributed by atoms with van der Waals surface area (Å²) >= 11 is 0. The Kier molecular flexibility index (Phi) is 5.98. The van der Waals surface area contributed by atoms with Crippen LogP contribution in [0.2, 0.25) is 0 Å². The van der Waals surface area contributed by atoms with Crippen molar-refractivity contribution < 1.29 is 9.84 Å². The number of likely N-dealkylation sites (N-methyl/N-ethyl adjacent to an activating group) is 1. The first-order valence-corrected chi connectivity index (χ1v) is 5.96. The van der Waals surface area contributed by atoms with Crippen molar-refractivity contribution in [2.75, 3.05) is 43.5 Å². The average molecular weight is 249 g/mol. The van der Waals surface area contributed by atoms with Gasteiger partial charge in [0, 0.05) is 18.8 Å². The van der Waals surface area contributed by atoms with E-state index in [0.717, 1.165) is 18.8 Å². The molecule has 3 N–H and O–H groups in total. The second kappa shape index (κ2) is 7.54. The van der Waals surface area contributed by atoms with E-state index in [4.69, 9.17) is 20.8 Å². The second-order valence-corrected chi connectivity index (χ2v) is 3.80. The molecule has 0 bridgehead atoms. The molecule has 0 unspecified atom stereocenters. The van der Waals surface area contributed by atoms with E-state index in [9.17, 15) is 0 Å². The third-order valence-corrected chi connectivity index (χ3v) is 2.64. The van der Waals surface area contributed by atoms with Gasteiger partial charge in [-0.15, -0.1) is 0 Å². The molecule has 1 aromatic carbocycles. The summed E-state index contributed by atoms with van der Waals surface area (Å²) in [5.74, 6) is 0. The van der Waals surface area contributed by atoms with Gasteiger partial charge in [-0.2, -0.15) is 5.26 Å². The van der Waals surface area contributed by atoms with Gasteiger partial charge in [-0.3, -0.25) is 0 Å². The standard InChI is InChI=1S/C13H19N3O2/c1-2-16(5-7-18-8-6-17)12-4-3-11(10-14)13(15)9-12/h3-4,9,17H,2,5-8,15H2,1H3. The maximum atomic E-state index is 8.82. The Bertz CT molecular complexity index is 415. The third kappa shape index (κ3) is 3.91. The van der Waals surface area contributed by atoms with Crippen molar-refractivity contribution in [3.63, 3.8) is 0 Å². The smallest absolute Gasteiger partial charge is 0.101 e. The van der Waals surface area contributed by atoms with Crippen LogP contribution in [0, 0.1) is 11.3 Å². The average Bonchev–Trinajstić information content (AvgIpc) is 2.39. The van der Waals surface area contributed by atoms with Crippen molar-refractivity contribution in [1.82, 2.24) is 0 Å². The molecule has 0 spiro atoms. The van der Waals surface area contributed by atoms with Gasteiger partial charge in [0.25, 0.3) is 0 Å². The first-order chi connectivity index (χ1) is 8.72. The van der Waals surface area contributed by atoms with E-state index in [1.807, 2.05) is 19.1 Å². The van der Waals surface area contributed by atoms with Gasteiger partial charge < -0.3 is 20.5 Å². The van der Waals surface area contributed by atoms with Gasteiger partial charge in [-0.05, 0) is 25.1 Å². The number of nitriles is 1. The lowest BCUT2D eigenvalue weighted by Crippen LogP contribution is -2.27. The van der Waals surface area contributed by atoms with E-state index in [-0.39, 0.29) is 6.61 Å². The van der Waals surface area contributed by atoms with Crippen LogP contribution in [-0.2, 0) is 4.74 Å². The van der Waals surface area contributed by atoms with Gasteiger partial charge in [-0.25, -0.2) is 0 Å². The third-order valence-electron chi connectivity index (χ3n) is 2.64. The Hall–Kier alpha value is -1.77. The molecule has 0 saturated carbocycles. The Morgan fingerprint density at radius 3 is 2.78 bits per heavy atom. The van der Waals surface area contributed by atoms with Crippen LogP contribution >= 0.6 is 0 Å². The fraction of sp³-hybridized carbons (Fsp3) is 0.462. The van der Waals surface area contributed by atoms with Crippen molar-refractivity contribution >= 4 is 11.4 Å². The van der Waals surface area contributed by atoms with Crippen molar-refractivity contribution in [2.24, 2.45) is 0 Å². The minimum Gasteiger partial charge on any atom is -0.398 e. The number of benzene rings is 1. The summed E-state index contributed by atoms with van der Waals surface area (Å²) in [5, 5.41) is 17.4. The Labute approximate surface area is 107 Å². The van der Waals surface area contributed by atoms with Crippen LogP contribution < -0.4 is 10.6 Å². The van der Waals surface area contributed by atoms with Gasteiger partial charge in [0.05, 0.1) is 31.1 Å². The summed E-state index contributed by atoms with van der Waals surface area (Å²) in [7, 11) is 0. The molecule has 0 amide bonds. The predicted molar refractivity (Wildman–Crippen MR) is 71.4 cm³/mol. The van der Waals surface area contributed by atoms with Crippen LogP contribution in [0.15, 0.2) is 18.2 Å². The van der Waals surface area contributed by atoms with Gasteiger partial charge in [0.2, 0.25) is 0 Å². The van der Waals surface area contributed by atoms with Crippen LogP contribution in [0.5, 0.6) is 0 Å². The molecule has 0 aliphatic carbocycles. The van der Waals surface area contributed by atoms with Crippen LogP contribution in [0.25, 0.3) is 0 Å². The molecule has 0 fully saturated rings. The normalized spacial score (nSPS) is 10.1. The highest BCUT2D eigenvalue weighted by Gasteiger charge is 2.06.